The fourth-order valence-electron chi connectivity index (χ4n) is 2.25. The molecule has 1 heterocycles. The van der Waals surface area contributed by atoms with Gasteiger partial charge in [0.15, 0.2) is 0 Å². The Bertz CT molecular complexity index is 548. The minimum atomic E-state index is 0.792. The van der Waals surface area contributed by atoms with E-state index in [1.54, 1.807) is 0 Å². The molecule has 0 N–H and O–H groups in total. The molecule has 0 aliphatic heterocycles. The second-order valence-electron chi connectivity index (χ2n) is 4.87. The molecule has 102 valence electrons. The highest BCUT2D eigenvalue weighted by atomic mass is 35.5. The Kier molecular flexibility index (Phi) is 4.61. The molecule has 0 amide bonds. The molecule has 0 spiro atoms. The Morgan fingerprint density at radius 3 is 2.74 bits per heavy atom. The van der Waals surface area contributed by atoms with Gasteiger partial charge in [-0.3, -0.25) is 9.58 Å². The van der Waals surface area contributed by atoms with Crippen LogP contribution in [0.25, 0.3) is 0 Å². The molecule has 0 bridgehead atoms. The van der Waals surface area contributed by atoms with Gasteiger partial charge in [0.05, 0.1) is 6.20 Å². The highest BCUT2D eigenvalue weighted by molar-refractivity contribution is 6.30. The van der Waals surface area contributed by atoms with Crippen molar-refractivity contribution in [3.63, 3.8) is 0 Å². The molecule has 0 saturated carbocycles. The lowest BCUT2D eigenvalue weighted by molar-refractivity contribution is 0.318. The maximum atomic E-state index is 6.00. The largest absolute Gasteiger partial charge is 0.298 e. The van der Waals surface area contributed by atoms with E-state index in [0.717, 1.165) is 24.7 Å². The van der Waals surface area contributed by atoms with E-state index in [2.05, 4.69) is 37.0 Å². The Hall–Kier alpha value is -1.32. The van der Waals surface area contributed by atoms with Gasteiger partial charge in [-0.2, -0.15) is 5.10 Å². The predicted molar refractivity (Wildman–Crippen MR) is 79.3 cm³/mol. The van der Waals surface area contributed by atoms with Gasteiger partial charge in [-0.25, -0.2) is 0 Å². The third-order valence-corrected chi connectivity index (χ3v) is 3.52. The SMILES string of the molecule is CCn1ncc(CN(C)Cc2cccc(Cl)c2)c1C. The first kappa shape index (κ1) is 14.1. The second kappa shape index (κ2) is 6.22. The summed E-state index contributed by atoms with van der Waals surface area (Å²) in [7, 11) is 2.11. The van der Waals surface area contributed by atoms with Crippen molar-refractivity contribution in [3.05, 3.63) is 52.3 Å². The average molecular weight is 278 g/mol. The van der Waals surface area contributed by atoms with Gasteiger partial charge in [-0.15, -0.1) is 0 Å². The normalized spacial score (nSPS) is 11.2. The zero-order valence-electron chi connectivity index (χ0n) is 11.7. The van der Waals surface area contributed by atoms with E-state index in [-0.39, 0.29) is 0 Å². The quantitative estimate of drug-likeness (QED) is 0.834. The molecule has 0 saturated heterocycles. The highest BCUT2D eigenvalue weighted by Crippen LogP contribution is 2.15. The van der Waals surface area contributed by atoms with Crippen LogP contribution in [-0.4, -0.2) is 21.7 Å². The standard InChI is InChI=1S/C15H20ClN3/c1-4-19-12(2)14(9-17-19)11-18(3)10-13-6-5-7-15(16)8-13/h5-9H,4,10-11H2,1-3H3. The molecule has 1 aromatic heterocycles. The van der Waals surface area contributed by atoms with E-state index in [0.29, 0.717) is 0 Å². The summed E-state index contributed by atoms with van der Waals surface area (Å²) < 4.78 is 2.03. The summed E-state index contributed by atoms with van der Waals surface area (Å²) in [6.45, 7) is 6.94. The van der Waals surface area contributed by atoms with Gasteiger partial charge in [0, 0.05) is 35.9 Å². The summed E-state index contributed by atoms with van der Waals surface area (Å²) in [6, 6.07) is 8.01. The third kappa shape index (κ3) is 3.58. The molecular formula is C15H20ClN3. The van der Waals surface area contributed by atoms with E-state index < -0.39 is 0 Å². The molecule has 1 aromatic carbocycles. The number of nitrogens with zero attached hydrogens (tertiary/aromatic N) is 3. The van der Waals surface area contributed by atoms with E-state index >= 15 is 0 Å². The third-order valence-electron chi connectivity index (χ3n) is 3.29. The fraction of sp³-hybridized carbons (Fsp3) is 0.400. The lowest BCUT2D eigenvalue weighted by Crippen LogP contribution is -2.17. The number of hydrogen-bond donors (Lipinski definition) is 0. The van der Waals surface area contributed by atoms with Gasteiger partial charge >= 0.3 is 0 Å². The van der Waals surface area contributed by atoms with Crippen LogP contribution in [0.4, 0.5) is 0 Å². The first-order valence-electron chi connectivity index (χ1n) is 6.54. The lowest BCUT2D eigenvalue weighted by Gasteiger charge is -2.16. The zero-order chi connectivity index (χ0) is 13.8. The minimum Gasteiger partial charge on any atom is -0.298 e. The number of halogens is 1. The molecule has 0 unspecified atom stereocenters. The number of benzene rings is 1. The lowest BCUT2D eigenvalue weighted by atomic mass is 10.2. The summed E-state index contributed by atoms with van der Waals surface area (Å²) >= 11 is 6.00. The number of rotatable bonds is 5. The minimum absolute atomic E-state index is 0.792. The highest BCUT2D eigenvalue weighted by Gasteiger charge is 2.08. The monoisotopic (exact) mass is 277 g/mol. The summed E-state index contributed by atoms with van der Waals surface area (Å²) in [6.07, 6.45) is 1.97. The number of aromatic nitrogens is 2. The molecular weight excluding hydrogens is 258 g/mol. The smallest absolute Gasteiger partial charge is 0.0537 e. The topological polar surface area (TPSA) is 21.1 Å². The number of aryl methyl sites for hydroxylation is 1. The van der Waals surface area contributed by atoms with Crippen LogP contribution in [0, 0.1) is 6.92 Å². The van der Waals surface area contributed by atoms with E-state index in [1.165, 1.54) is 16.8 Å². The molecule has 19 heavy (non-hydrogen) atoms. The van der Waals surface area contributed by atoms with Crippen LogP contribution in [0.5, 0.6) is 0 Å². The van der Waals surface area contributed by atoms with Gasteiger partial charge in [0.25, 0.3) is 0 Å². The van der Waals surface area contributed by atoms with Crippen LogP contribution in [-0.2, 0) is 19.6 Å². The maximum Gasteiger partial charge on any atom is 0.0537 e. The molecule has 2 rings (SSSR count). The Balaban J connectivity index is 2.01. The number of hydrogen-bond acceptors (Lipinski definition) is 2. The van der Waals surface area contributed by atoms with E-state index in [1.807, 2.05) is 29.1 Å². The van der Waals surface area contributed by atoms with Crippen LogP contribution in [0.2, 0.25) is 5.02 Å². The van der Waals surface area contributed by atoms with Gasteiger partial charge in [-0.05, 0) is 38.6 Å². The first-order valence-corrected chi connectivity index (χ1v) is 6.92. The van der Waals surface area contributed by atoms with Crippen LogP contribution in [0.15, 0.2) is 30.5 Å². The van der Waals surface area contributed by atoms with E-state index in [4.69, 9.17) is 11.6 Å². The summed E-state index contributed by atoms with van der Waals surface area (Å²) in [5.74, 6) is 0. The van der Waals surface area contributed by atoms with Crippen molar-refractivity contribution < 1.29 is 0 Å². The maximum absolute atomic E-state index is 6.00. The van der Waals surface area contributed by atoms with Gasteiger partial charge in [-0.1, -0.05) is 23.7 Å². The van der Waals surface area contributed by atoms with Crippen molar-refractivity contribution in [3.8, 4) is 0 Å². The molecule has 0 atom stereocenters. The Morgan fingerprint density at radius 1 is 1.32 bits per heavy atom. The average Bonchev–Trinajstić information content (AvgIpc) is 2.70. The van der Waals surface area contributed by atoms with Crippen molar-refractivity contribution >= 4 is 11.6 Å². The van der Waals surface area contributed by atoms with Crippen LogP contribution in [0.1, 0.15) is 23.7 Å². The van der Waals surface area contributed by atoms with Crippen molar-refractivity contribution in [1.82, 2.24) is 14.7 Å². The van der Waals surface area contributed by atoms with Crippen molar-refractivity contribution in [1.29, 1.82) is 0 Å². The molecule has 2 aromatic rings. The zero-order valence-corrected chi connectivity index (χ0v) is 12.5. The first-order chi connectivity index (χ1) is 9.10. The molecule has 0 radical (unpaired) electrons. The van der Waals surface area contributed by atoms with Crippen molar-refractivity contribution in [2.45, 2.75) is 33.5 Å². The van der Waals surface area contributed by atoms with Gasteiger partial charge in [0.1, 0.15) is 0 Å². The Labute approximate surface area is 119 Å². The molecule has 4 heteroatoms. The Morgan fingerprint density at radius 2 is 2.11 bits per heavy atom. The fourth-order valence-corrected chi connectivity index (χ4v) is 2.47. The van der Waals surface area contributed by atoms with Crippen LogP contribution < -0.4 is 0 Å². The summed E-state index contributed by atoms with van der Waals surface area (Å²) in [5.41, 5.74) is 3.77. The van der Waals surface area contributed by atoms with Crippen molar-refractivity contribution in [2.75, 3.05) is 7.05 Å². The van der Waals surface area contributed by atoms with Crippen molar-refractivity contribution in [2.24, 2.45) is 0 Å². The predicted octanol–water partition coefficient (Wildman–Crippen LogP) is 3.50. The van der Waals surface area contributed by atoms with Crippen LogP contribution >= 0.6 is 11.6 Å². The second-order valence-corrected chi connectivity index (χ2v) is 5.31. The molecule has 0 aliphatic carbocycles. The molecule has 0 aliphatic rings. The van der Waals surface area contributed by atoms with E-state index in [9.17, 15) is 0 Å². The van der Waals surface area contributed by atoms with Gasteiger partial charge < -0.3 is 0 Å². The molecule has 0 fully saturated rings. The summed E-state index contributed by atoms with van der Waals surface area (Å²) in [5, 5.41) is 5.17. The van der Waals surface area contributed by atoms with Crippen LogP contribution in [0.3, 0.4) is 0 Å². The van der Waals surface area contributed by atoms with Gasteiger partial charge in [0.2, 0.25) is 0 Å². The molecule has 3 nitrogen and oxygen atoms in total. The summed E-state index contributed by atoms with van der Waals surface area (Å²) in [4.78, 5) is 2.27.